The summed E-state index contributed by atoms with van der Waals surface area (Å²) in [5, 5.41) is 15.4. The van der Waals surface area contributed by atoms with Gasteiger partial charge in [-0.2, -0.15) is 0 Å². The molecule has 4 rings (SSSR count). The van der Waals surface area contributed by atoms with Crippen LogP contribution in [0.1, 0.15) is 43.9 Å². The lowest BCUT2D eigenvalue weighted by atomic mass is 10.1. The van der Waals surface area contributed by atoms with Crippen molar-refractivity contribution in [3.8, 4) is 5.75 Å². The van der Waals surface area contributed by atoms with E-state index in [0.717, 1.165) is 60.1 Å². The Bertz CT molecular complexity index is 967. The third-order valence-corrected chi connectivity index (χ3v) is 5.44. The average molecular weight is 431 g/mol. The Labute approximate surface area is 184 Å². The minimum absolute atomic E-state index is 0. The number of halogens is 1. The van der Waals surface area contributed by atoms with E-state index < -0.39 is 0 Å². The summed E-state index contributed by atoms with van der Waals surface area (Å²) in [6.45, 7) is 7.07. The van der Waals surface area contributed by atoms with Crippen LogP contribution in [0.15, 0.2) is 36.5 Å². The Balaban J connectivity index is 0.00000256. The highest BCUT2D eigenvalue weighted by molar-refractivity contribution is 5.85. The molecule has 0 unspecified atom stereocenters. The van der Waals surface area contributed by atoms with E-state index in [4.69, 9.17) is 9.84 Å². The van der Waals surface area contributed by atoms with Gasteiger partial charge in [0, 0.05) is 24.2 Å². The Morgan fingerprint density at radius 3 is 2.73 bits per heavy atom. The van der Waals surface area contributed by atoms with Crippen molar-refractivity contribution >= 4 is 29.6 Å². The number of hydrogen-bond donors (Lipinski definition) is 3. The fourth-order valence-electron chi connectivity index (χ4n) is 3.79. The predicted octanol–water partition coefficient (Wildman–Crippen LogP) is 4.06. The molecule has 8 heteroatoms. The molecule has 2 aromatic heterocycles. The van der Waals surface area contributed by atoms with Crippen molar-refractivity contribution in [3.05, 3.63) is 47.8 Å². The van der Waals surface area contributed by atoms with Crippen molar-refractivity contribution in [1.29, 1.82) is 0 Å². The SMILES string of the molecule is COc1ccccc1CNc1cc(NC2CCNCC2)nn2c(C(C)C)cnc12.Cl. The summed E-state index contributed by atoms with van der Waals surface area (Å²) in [6, 6.07) is 10.6. The molecule has 3 aromatic rings. The fraction of sp³-hybridized carbons (Fsp3) is 0.455. The van der Waals surface area contributed by atoms with E-state index in [-0.39, 0.29) is 12.4 Å². The molecule has 3 N–H and O–H groups in total. The Morgan fingerprint density at radius 2 is 2.00 bits per heavy atom. The molecule has 1 saturated heterocycles. The molecule has 1 aliphatic heterocycles. The molecular weight excluding hydrogens is 400 g/mol. The van der Waals surface area contributed by atoms with Crippen LogP contribution in [-0.4, -0.2) is 40.8 Å². The molecule has 1 aromatic carbocycles. The van der Waals surface area contributed by atoms with Crippen molar-refractivity contribution in [2.45, 2.75) is 45.2 Å². The number of hydrogen-bond acceptors (Lipinski definition) is 6. The lowest BCUT2D eigenvalue weighted by Gasteiger charge is -2.24. The minimum Gasteiger partial charge on any atom is -0.496 e. The maximum Gasteiger partial charge on any atom is 0.177 e. The van der Waals surface area contributed by atoms with E-state index in [1.165, 1.54) is 0 Å². The number of methoxy groups -OCH3 is 1. The van der Waals surface area contributed by atoms with Gasteiger partial charge in [-0.3, -0.25) is 0 Å². The van der Waals surface area contributed by atoms with Crippen LogP contribution in [0.3, 0.4) is 0 Å². The zero-order valence-electron chi connectivity index (χ0n) is 17.8. The number of piperidine rings is 1. The molecule has 30 heavy (non-hydrogen) atoms. The Kier molecular flexibility index (Phi) is 7.39. The van der Waals surface area contributed by atoms with Crippen LogP contribution in [0.4, 0.5) is 11.5 Å². The highest BCUT2D eigenvalue weighted by atomic mass is 35.5. The highest BCUT2D eigenvalue weighted by Gasteiger charge is 2.17. The number of para-hydroxylation sites is 1. The first-order valence-electron chi connectivity index (χ1n) is 10.4. The number of aromatic nitrogens is 3. The number of anilines is 2. The Morgan fingerprint density at radius 1 is 1.23 bits per heavy atom. The Hall–Kier alpha value is -2.51. The van der Waals surface area contributed by atoms with Gasteiger partial charge >= 0.3 is 0 Å². The molecule has 0 amide bonds. The highest BCUT2D eigenvalue weighted by Crippen LogP contribution is 2.26. The zero-order chi connectivity index (χ0) is 20.2. The van der Waals surface area contributed by atoms with E-state index in [1.807, 2.05) is 28.9 Å². The molecule has 0 bridgehead atoms. The van der Waals surface area contributed by atoms with Crippen molar-refractivity contribution in [2.75, 3.05) is 30.8 Å². The minimum atomic E-state index is 0. The lowest BCUT2D eigenvalue weighted by Crippen LogP contribution is -2.35. The monoisotopic (exact) mass is 430 g/mol. The molecule has 0 spiro atoms. The van der Waals surface area contributed by atoms with Gasteiger partial charge in [0.05, 0.1) is 24.7 Å². The largest absolute Gasteiger partial charge is 0.496 e. The topological polar surface area (TPSA) is 75.5 Å². The summed E-state index contributed by atoms with van der Waals surface area (Å²) in [5.74, 6) is 2.10. The van der Waals surface area contributed by atoms with E-state index in [0.29, 0.717) is 18.5 Å². The van der Waals surface area contributed by atoms with Gasteiger partial charge in [0.2, 0.25) is 0 Å². The summed E-state index contributed by atoms with van der Waals surface area (Å²) in [6.07, 6.45) is 4.13. The summed E-state index contributed by atoms with van der Waals surface area (Å²) in [5.41, 5.74) is 4.02. The number of benzene rings is 1. The molecule has 7 nitrogen and oxygen atoms in total. The van der Waals surface area contributed by atoms with E-state index in [2.05, 4.69) is 46.9 Å². The normalized spacial score (nSPS) is 14.5. The summed E-state index contributed by atoms with van der Waals surface area (Å²) < 4.78 is 7.46. The van der Waals surface area contributed by atoms with Crippen molar-refractivity contribution in [1.82, 2.24) is 19.9 Å². The predicted molar refractivity (Wildman–Crippen MR) is 124 cm³/mol. The smallest absolute Gasteiger partial charge is 0.177 e. The fourth-order valence-corrected chi connectivity index (χ4v) is 3.79. The van der Waals surface area contributed by atoms with Gasteiger partial charge in [-0.1, -0.05) is 32.0 Å². The van der Waals surface area contributed by atoms with Crippen molar-refractivity contribution in [2.24, 2.45) is 0 Å². The molecule has 162 valence electrons. The first kappa shape index (κ1) is 22.2. The molecule has 0 aliphatic carbocycles. The molecule has 0 atom stereocenters. The molecular formula is C22H31ClN6O. The van der Waals surface area contributed by atoms with Gasteiger partial charge < -0.3 is 20.7 Å². The van der Waals surface area contributed by atoms with Gasteiger partial charge in [-0.15, -0.1) is 17.5 Å². The van der Waals surface area contributed by atoms with Gasteiger partial charge in [-0.25, -0.2) is 9.50 Å². The maximum absolute atomic E-state index is 5.49. The standard InChI is InChI=1S/C22H30N6O.ClH/c1-15(2)19-14-25-22-18(24-13-16-6-4-5-7-20(16)29-3)12-21(27-28(19)22)26-17-8-10-23-11-9-17;/h4-7,12,14-15,17,23-24H,8-11,13H2,1-3H3,(H,26,27);1H. The lowest BCUT2D eigenvalue weighted by molar-refractivity contribution is 0.410. The number of ether oxygens (including phenoxy) is 1. The van der Waals surface area contributed by atoms with Gasteiger partial charge in [-0.05, 0) is 37.9 Å². The quantitative estimate of drug-likeness (QED) is 0.524. The van der Waals surface area contributed by atoms with Crippen molar-refractivity contribution < 1.29 is 4.74 Å². The number of fused-ring (bicyclic) bond motifs is 1. The average Bonchev–Trinajstić information content (AvgIpc) is 3.17. The number of nitrogens with zero attached hydrogens (tertiary/aromatic N) is 3. The van der Waals surface area contributed by atoms with Crippen LogP contribution >= 0.6 is 12.4 Å². The van der Waals surface area contributed by atoms with Crippen LogP contribution in [-0.2, 0) is 6.54 Å². The second-order valence-corrected chi connectivity index (χ2v) is 7.85. The molecule has 3 heterocycles. The summed E-state index contributed by atoms with van der Waals surface area (Å²) in [7, 11) is 1.70. The molecule has 0 saturated carbocycles. The van der Waals surface area contributed by atoms with E-state index in [9.17, 15) is 0 Å². The second-order valence-electron chi connectivity index (χ2n) is 7.85. The maximum atomic E-state index is 5.49. The van der Waals surface area contributed by atoms with E-state index in [1.54, 1.807) is 7.11 Å². The zero-order valence-corrected chi connectivity index (χ0v) is 18.6. The summed E-state index contributed by atoms with van der Waals surface area (Å²) >= 11 is 0. The number of nitrogens with one attached hydrogen (secondary N) is 3. The molecule has 1 fully saturated rings. The summed E-state index contributed by atoms with van der Waals surface area (Å²) in [4.78, 5) is 4.65. The van der Waals surface area contributed by atoms with Crippen LogP contribution < -0.4 is 20.7 Å². The molecule has 1 aliphatic rings. The number of rotatable bonds is 7. The van der Waals surface area contributed by atoms with Gasteiger partial charge in [0.1, 0.15) is 11.6 Å². The van der Waals surface area contributed by atoms with E-state index >= 15 is 0 Å². The van der Waals surface area contributed by atoms with Crippen LogP contribution in [0.2, 0.25) is 0 Å². The van der Waals surface area contributed by atoms with Crippen molar-refractivity contribution in [3.63, 3.8) is 0 Å². The number of imidazole rings is 1. The van der Waals surface area contributed by atoms with Crippen LogP contribution in [0.25, 0.3) is 5.65 Å². The third-order valence-electron chi connectivity index (χ3n) is 5.44. The van der Waals surface area contributed by atoms with Gasteiger partial charge in [0.15, 0.2) is 5.65 Å². The first-order valence-corrected chi connectivity index (χ1v) is 10.4. The van der Waals surface area contributed by atoms with Crippen LogP contribution in [0.5, 0.6) is 5.75 Å². The second kappa shape index (κ2) is 10.00. The molecule has 0 radical (unpaired) electrons. The third kappa shape index (κ3) is 4.79. The first-order chi connectivity index (χ1) is 14.2. The van der Waals surface area contributed by atoms with Crippen LogP contribution in [0, 0.1) is 0 Å². The van der Waals surface area contributed by atoms with Gasteiger partial charge in [0.25, 0.3) is 0 Å².